The predicted molar refractivity (Wildman–Crippen MR) is 162 cm³/mol. The van der Waals surface area contributed by atoms with E-state index in [-0.39, 0.29) is 6.79 Å². The molecule has 3 aliphatic rings. The van der Waals surface area contributed by atoms with Gasteiger partial charge in [-0.15, -0.1) is 0 Å². The Balaban J connectivity index is 1.34. The summed E-state index contributed by atoms with van der Waals surface area (Å²) in [7, 11) is 3.37. The van der Waals surface area contributed by atoms with Gasteiger partial charge in [-0.05, 0) is 100 Å². The van der Waals surface area contributed by atoms with Gasteiger partial charge in [-0.2, -0.15) is 0 Å². The number of unbranched alkanes of at least 4 members (excludes halogenated alkanes) is 2. The monoisotopic (exact) mass is 557 g/mol. The number of nitrogens with zero attached hydrogens (tertiary/aromatic N) is 3. The number of pyridine rings is 1. The molecule has 0 amide bonds. The van der Waals surface area contributed by atoms with Crippen molar-refractivity contribution in [1.29, 1.82) is 0 Å². The molecular formula is C33H39N3O5. The zero-order chi connectivity index (χ0) is 27.8. The van der Waals surface area contributed by atoms with Gasteiger partial charge in [-0.25, -0.2) is 4.98 Å². The van der Waals surface area contributed by atoms with Crippen LogP contribution in [-0.4, -0.2) is 70.2 Å². The van der Waals surface area contributed by atoms with Crippen molar-refractivity contribution >= 4 is 38.3 Å². The van der Waals surface area contributed by atoms with Crippen LogP contribution in [0.2, 0.25) is 0 Å². The van der Waals surface area contributed by atoms with E-state index in [0.29, 0.717) is 18.1 Å². The van der Waals surface area contributed by atoms with Crippen LogP contribution in [0.15, 0.2) is 30.3 Å². The van der Waals surface area contributed by atoms with E-state index < -0.39 is 0 Å². The minimum atomic E-state index is 0.233. The minimum Gasteiger partial charge on any atom is -0.493 e. The maximum absolute atomic E-state index is 6.61. The molecule has 4 aromatic rings. The molecule has 3 aliphatic heterocycles. The first-order valence-corrected chi connectivity index (χ1v) is 15.1. The molecule has 8 nitrogen and oxygen atoms in total. The van der Waals surface area contributed by atoms with Crippen LogP contribution in [0.1, 0.15) is 44.9 Å². The van der Waals surface area contributed by atoms with Crippen LogP contribution >= 0.6 is 0 Å². The molecular weight excluding hydrogens is 518 g/mol. The summed E-state index contributed by atoms with van der Waals surface area (Å²) in [6.45, 7) is 6.57. The number of hydrogen-bond donors (Lipinski definition) is 0. The Kier molecular flexibility index (Phi) is 7.25. The van der Waals surface area contributed by atoms with Crippen molar-refractivity contribution in [2.75, 3.05) is 65.2 Å². The van der Waals surface area contributed by atoms with E-state index in [1.165, 1.54) is 38.9 Å². The minimum absolute atomic E-state index is 0.233. The second-order valence-corrected chi connectivity index (χ2v) is 11.4. The number of likely N-dealkylation sites (tertiary alicyclic amines) is 1. The fourth-order valence-electron chi connectivity index (χ4n) is 6.65. The molecule has 0 unspecified atom stereocenters. The molecule has 0 aliphatic carbocycles. The fraction of sp³-hybridized carbons (Fsp3) is 0.485. The third-order valence-electron chi connectivity index (χ3n) is 8.80. The van der Waals surface area contributed by atoms with Gasteiger partial charge in [0.1, 0.15) is 11.6 Å². The largest absolute Gasteiger partial charge is 0.493 e. The summed E-state index contributed by atoms with van der Waals surface area (Å²) >= 11 is 0. The number of aromatic nitrogens is 1. The molecule has 3 aromatic carbocycles. The van der Waals surface area contributed by atoms with E-state index in [9.17, 15) is 0 Å². The summed E-state index contributed by atoms with van der Waals surface area (Å²) in [6.07, 6.45) is 8.40. The van der Waals surface area contributed by atoms with Gasteiger partial charge in [0.15, 0.2) is 23.0 Å². The van der Waals surface area contributed by atoms with Crippen molar-refractivity contribution in [1.82, 2.24) is 9.88 Å². The second kappa shape index (κ2) is 11.3. The lowest BCUT2D eigenvalue weighted by atomic mass is 9.98. The molecule has 2 fully saturated rings. The molecule has 4 heterocycles. The molecule has 8 heteroatoms. The highest BCUT2D eigenvalue weighted by atomic mass is 16.7. The molecule has 0 bridgehead atoms. The quantitative estimate of drug-likeness (QED) is 0.161. The molecule has 0 N–H and O–H groups in total. The van der Waals surface area contributed by atoms with E-state index in [4.69, 9.17) is 28.7 Å². The lowest BCUT2D eigenvalue weighted by Crippen LogP contribution is -2.20. The highest BCUT2D eigenvalue weighted by Gasteiger charge is 2.25. The summed E-state index contributed by atoms with van der Waals surface area (Å²) in [5, 5.41) is 5.16. The van der Waals surface area contributed by atoms with Crippen LogP contribution in [0.4, 0.5) is 5.82 Å². The zero-order valence-electron chi connectivity index (χ0n) is 24.2. The Bertz CT molecular complexity index is 1580. The Morgan fingerprint density at radius 2 is 1.44 bits per heavy atom. The Morgan fingerprint density at radius 1 is 0.732 bits per heavy atom. The summed E-state index contributed by atoms with van der Waals surface area (Å²) in [5.74, 6) is 4.72. The topological polar surface area (TPSA) is 65.5 Å². The first kappa shape index (κ1) is 26.3. The normalized spacial score (nSPS) is 16.9. The number of rotatable bonds is 10. The number of hydrogen-bond acceptors (Lipinski definition) is 8. The SMILES string of the molecule is COc1cc2c(N3CCCC3)nc3c4cc5c(cc4cc(OCCCCCN4CCCC4)c3c2cc1OC)OCO5. The molecule has 216 valence electrons. The summed E-state index contributed by atoms with van der Waals surface area (Å²) in [4.78, 5) is 10.4. The molecule has 41 heavy (non-hydrogen) atoms. The van der Waals surface area contributed by atoms with Crippen LogP contribution < -0.4 is 28.6 Å². The average Bonchev–Trinajstić information content (AvgIpc) is 3.80. The van der Waals surface area contributed by atoms with Crippen molar-refractivity contribution < 1.29 is 23.7 Å². The Morgan fingerprint density at radius 3 is 2.20 bits per heavy atom. The third kappa shape index (κ3) is 4.92. The van der Waals surface area contributed by atoms with Crippen molar-refractivity contribution in [3.05, 3.63) is 30.3 Å². The van der Waals surface area contributed by atoms with Crippen molar-refractivity contribution in [2.24, 2.45) is 0 Å². The van der Waals surface area contributed by atoms with Gasteiger partial charge in [-0.3, -0.25) is 0 Å². The first-order valence-electron chi connectivity index (χ1n) is 15.1. The standard InChI is InChI=1S/C33H39N3O5/c1-37-26-19-24-25(20-27(26)38-2)33(36-13-7-8-14-36)34-32-23-18-29-28(40-21-41-29)16-22(23)17-30(31(24)32)39-15-9-3-4-10-35-11-5-6-12-35/h16-20H,3-15,21H2,1-2H3. The van der Waals surface area contributed by atoms with Crippen LogP contribution in [0.25, 0.3) is 32.4 Å². The summed E-state index contributed by atoms with van der Waals surface area (Å²) < 4.78 is 29.6. The number of fused-ring (bicyclic) bond motifs is 6. The maximum Gasteiger partial charge on any atom is 0.231 e. The van der Waals surface area contributed by atoms with E-state index in [2.05, 4.69) is 40.1 Å². The van der Waals surface area contributed by atoms with Crippen LogP contribution in [0.3, 0.4) is 0 Å². The van der Waals surface area contributed by atoms with E-state index >= 15 is 0 Å². The molecule has 0 atom stereocenters. The third-order valence-corrected chi connectivity index (χ3v) is 8.80. The first-order chi connectivity index (χ1) is 20.2. The zero-order valence-corrected chi connectivity index (χ0v) is 24.2. The predicted octanol–water partition coefficient (Wildman–Crippen LogP) is 6.53. The van der Waals surface area contributed by atoms with Crippen molar-refractivity contribution in [3.8, 4) is 28.7 Å². The van der Waals surface area contributed by atoms with Gasteiger partial charge in [0, 0.05) is 29.2 Å². The number of anilines is 1. The Hall–Kier alpha value is -3.65. The molecule has 0 saturated carbocycles. The van der Waals surface area contributed by atoms with Gasteiger partial charge >= 0.3 is 0 Å². The average molecular weight is 558 g/mol. The highest BCUT2D eigenvalue weighted by molar-refractivity contribution is 6.21. The van der Waals surface area contributed by atoms with Gasteiger partial charge in [0.05, 0.1) is 31.7 Å². The molecule has 0 radical (unpaired) electrons. The summed E-state index contributed by atoms with van der Waals surface area (Å²) in [5.41, 5.74) is 0.909. The molecule has 0 spiro atoms. The number of benzene rings is 3. The van der Waals surface area contributed by atoms with E-state index in [0.717, 1.165) is 94.3 Å². The second-order valence-electron chi connectivity index (χ2n) is 11.4. The Labute approximate surface area is 241 Å². The van der Waals surface area contributed by atoms with Crippen LogP contribution in [0.5, 0.6) is 28.7 Å². The molecule has 7 rings (SSSR count). The highest BCUT2D eigenvalue weighted by Crippen LogP contribution is 2.47. The lowest BCUT2D eigenvalue weighted by molar-refractivity contribution is 0.174. The lowest BCUT2D eigenvalue weighted by Gasteiger charge is -2.23. The van der Waals surface area contributed by atoms with Crippen LogP contribution in [0, 0.1) is 0 Å². The van der Waals surface area contributed by atoms with Gasteiger partial charge in [-0.1, -0.05) is 0 Å². The molecule has 1 aromatic heterocycles. The number of methoxy groups -OCH3 is 2. The number of ether oxygens (including phenoxy) is 5. The molecule has 2 saturated heterocycles. The van der Waals surface area contributed by atoms with Gasteiger partial charge < -0.3 is 33.5 Å². The van der Waals surface area contributed by atoms with Gasteiger partial charge in [0.25, 0.3) is 0 Å². The summed E-state index contributed by atoms with van der Waals surface area (Å²) in [6, 6.07) is 10.4. The van der Waals surface area contributed by atoms with Crippen LogP contribution in [-0.2, 0) is 0 Å². The smallest absolute Gasteiger partial charge is 0.231 e. The van der Waals surface area contributed by atoms with E-state index in [1.807, 2.05) is 0 Å². The van der Waals surface area contributed by atoms with E-state index in [1.54, 1.807) is 14.2 Å². The van der Waals surface area contributed by atoms with Crippen molar-refractivity contribution in [2.45, 2.75) is 44.9 Å². The van der Waals surface area contributed by atoms with Gasteiger partial charge in [0.2, 0.25) is 6.79 Å². The van der Waals surface area contributed by atoms with Crippen molar-refractivity contribution in [3.63, 3.8) is 0 Å². The fourth-order valence-corrected chi connectivity index (χ4v) is 6.65. The maximum atomic E-state index is 6.61.